The maximum atomic E-state index is 14.2. The fourth-order valence-electron chi connectivity index (χ4n) is 5.95. The fraction of sp³-hybridized carbons (Fsp3) is 0.406. The second-order valence-corrected chi connectivity index (χ2v) is 11.8. The second kappa shape index (κ2) is 10.5. The van der Waals surface area contributed by atoms with Gasteiger partial charge in [0, 0.05) is 17.1 Å². The molecule has 1 N–H and O–H groups in total. The van der Waals surface area contributed by atoms with Crippen molar-refractivity contribution in [1.82, 2.24) is 10.2 Å². The van der Waals surface area contributed by atoms with E-state index in [-0.39, 0.29) is 29.4 Å². The monoisotopic (exact) mass is 516 g/mol. The van der Waals surface area contributed by atoms with Crippen molar-refractivity contribution in [3.63, 3.8) is 0 Å². The summed E-state index contributed by atoms with van der Waals surface area (Å²) in [5.41, 5.74) is 5.97. The van der Waals surface area contributed by atoms with E-state index in [4.69, 9.17) is 16.3 Å². The summed E-state index contributed by atoms with van der Waals surface area (Å²) in [6, 6.07) is 22.9. The van der Waals surface area contributed by atoms with Gasteiger partial charge in [0.2, 0.25) is 5.91 Å². The third kappa shape index (κ3) is 5.28. The molecule has 4 nitrogen and oxygen atoms in total. The van der Waals surface area contributed by atoms with Crippen molar-refractivity contribution in [2.45, 2.75) is 76.5 Å². The first-order chi connectivity index (χ1) is 17.8. The molecule has 3 unspecified atom stereocenters. The van der Waals surface area contributed by atoms with Crippen molar-refractivity contribution < 1.29 is 9.53 Å². The van der Waals surface area contributed by atoms with Crippen LogP contribution in [0.25, 0.3) is 0 Å². The van der Waals surface area contributed by atoms with E-state index >= 15 is 0 Å². The Hall–Kier alpha value is -2.82. The molecule has 3 atom stereocenters. The van der Waals surface area contributed by atoms with Gasteiger partial charge in [-0.1, -0.05) is 80.9 Å². The molecule has 0 aromatic heterocycles. The van der Waals surface area contributed by atoms with Crippen molar-refractivity contribution in [3.05, 3.63) is 99.6 Å². The first kappa shape index (κ1) is 25.8. The minimum Gasteiger partial charge on any atom is -0.496 e. The number of carbonyl (C=O) groups excluding carboxylic acids is 1. The lowest BCUT2D eigenvalue weighted by atomic mass is 9.86. The van der Waals surface area contributed by atoms with Crippen molar-refractivity contribution >= 4 is 17.5 Å². The summed E-state index contributed by atoms with van der Waals surface area (Å²) in [7, 11) is 1.72. The highest BCUT2D eigenvalue weighted by Crippen LogP contribution is 2.42. The number of likely N-dealkylation sites (tertiary alicyclic amines) is 1. The number of rotatable bonds is 6. The van der Waals surface area contributed by atoms with Crippen LogP contribution in [0.4, 0.5) is 0 Å². The highest BCUT2D eigenvalue weighted by molar-refractivity contribution is 6.30. The molecule has 1 heterocycles. The van der Waals surface area contributed by atoms with Gasteiger partial charge in [-0.05, 0) is 71.6 Å². The van der Waals surface area contributed by atoms with E-state index in [9.17, 15) is 4.79 Å². The number of ether oxygens (including phenoxy) is 1. The number of fused-ring (bicyclic) bond motifs is 1. The average Bonchev–Trinajstić information content (AvgIpc) is 3.51. The molecule has 1 aliphatic carbocycles. The number of nitrogens with zero attached hydrogens (tertiary/aromatic N) is 1. The van der Waals surface area contributed by atoms with Crippen LogP contribution >= 0.6 is 11.6 Å². The summed E-state index contributed by atoms with van der Waals surface area (Å²) >= 11 is 6.25. The topological polar surface area (TPSA) is 41.6 Å². The van der Waals surface area contributed by atoms with Crippen LogP contribution in [0.15, 0.2) is 66.7 Å². The van der Waals surface area contributed by atoms with Gasteiger partial charge >= 0.3 is 0 Å². The zero-order valence-corrected chi connectivity index (χ0v) is 23.0. The van der Waals surface area contributed by atoms with Gasteiger partial charge in [-0.25, -0.2) is 0 Å². The van der Waals surface area contributed by atoms with Crippen molar-refractivity contribution in [2.75, 3.05) is 7.11 Å². The first-order valence-corrected chi connectivity index (χ1v) is 13.7. The molecule has 2 aliphatic rings. The smallest absolute Gasteiger partial charge is 0.231 e. The summed E-state index contributed by atoms with van der Waals surface area (Å²) < 4.78 is 5.69. The van der Waals surface area contributed by atoms with Gasteiger partial charge in [0.05, 0.1) is 25.2 Å². The molecule has 0 radical (unpaired) electrons. The number of hydrogen-bond acceptors (Lipinski definition) is 3. The van der Waals surface area contributed by atoms with E-state index in [1.54, 1.807) is 7.11 Å². The van der Waals surface area contributed by atoms with Crippen molar-refractivity contribution in [1.29, 1.82) is 0 Å². The predicted molar refractivity (Wildman–Crippen MR) is 150 cm³/mol. The molecule has 0 saturated carbocycles. The number of carbonyl (C=O) groups is 1. The van der Waals surface area contributed by atoms with Crippen molar-refractivity contribution in [3.8, 4) is 5.75 Å². The average molecular weight is 517 g/mol. The van der Waals surface area contributed by atoms with E-state index in [1.807, 2.05) is 24.3 Å². The van der Waals surface area contributed by atoms with Crippen LogP contribution in [0.1, 0.15) is 79.8 Å². The zero-order chi connectivity index (χ0) is 26.2. The fourth-order valence-corrected chi connectivity index (χ4v) is 6.15. The molecule has 3 aromatic carbocycles. The molecule has 1 saturated heterocycles. The Balaban J connectivity index is 1.43. The summed E-state index contributed by atoms with van der Waals surface area (Å²) in [5.74, 6) is 0.956. The Kier molecular flexibility index (Phi) is 7.33. The van der Waals surface area contributed by atoms with E-state index in [0.717, 1.165) is 47.6 Å². The zero-order valence-electron chi connectivity index (χ0n) is 22.3. The molecule has 0 bridgehead atoms. The number of nitrogens with one attached hydrogen (secondary N) is 1. The summed E-state index contributed by atoms with van der Waals surface area (Å²) in [5, 5.41) is 4.48. The number of amides is 1. The van der Waals surface area contributed by atoms with Gasteiger partial charge in [-0.15, -0.1) is 0 Å². The third-order valence-electron chi connectivity index (χ3n) is 7.98. The minimum atomic E-state index is -0.125. The maximum Gasteiger partial charge on any atom is 0.231 e. The van der Waals surface area contributed by atoms with E-state index < -0.39 is 0 Å². The largest absolute Gasteiger partial charge is 0.496 e. The number of benzene rings is 3. The van der Waals surface area contributed by atoms with Gasteiger partial charge in [0.1, 0.15) is 5.75 Å². The second-order valence-electron chi connectivity index (χ2n) is 11.4. The van der Waals surface area contributed by atoms with E-state index in [0.29, 0.717) is 6.54 Å². The Morgan fingerprint density at radius 1 is 1.03 bits per heavy atom. The van der Waals surface area contributed by atoms with Crippen LogP contribution in [0, 0.1) is 0 Å². The number of hydrogen-bond donors (Lipinski definition) is 1. The Morgan fingerprint density at radius 3 is 2.54 bits per heavy atom. The molecular weight excluding hydrogens is 480 g/mol. The summed E-state index contributed by atoms with van der Waals surface area (Å²) in [4.78, 5) is 16.4. The molecule has 1 amide bonds. The molecule has 3 aromatic rings. The predicted octanol–water partition coefficient (Wildman–Crippen LogP) is 7.16. The highest BCUT2D eigenvalue weighted by atomic mass is 35.5. The standard InChI is InChI=1S/C32H37ClN2O2/c1-32(2,3)24-11-16-29(37-4)23(18-24)20-34-30-17-15-28(21-8-6-5-7-9-21)35(30)31(36)27-13-10-22-19-25(33)12-14-26(22)27/h5-9,11-12,14,16,18-19,27-28,30,34H,10,13,15,17,20H2,1-4H3. The lowest BCUT2D eigenvalue weighted by molar-refractivity contribution is -0.136. The maximum absolute atomic E-state index is 14.2. The SMILES string of the molecule is COc1ccc(C(C)(C)C)cc1CNC1CCC(c2ccccc2)N1C(=O)C1CCc2cc(Cl)ccc21. The van der Waals surface area contributed by atoms with Crippen LogP contribution in [0.3, 0.4) is 0 Å². The molecule has 194 valence electrons. The molecule has 37 heavy (non-hydrogen) atoms. The molecular formula is C32H37ClN2O2. The van der Waals surface area contributed by atoms with Gasteiger partial charge in [-0.3, -0.25) is 10.1 Å². The van der Waals surface area contributed by atoms with Crippen LogP contribution < -0.4 is 10.1 Å². The third-order valence-corrected chi connectivity index (χ3v) is 8.21. The molecule has 5 rings (SSSR count). The van der Waals surface area contributed by atoms with Gasteiger partial charge < -0.3 is 9.64 Å². The highest BCUT2D eigenvalue weighted by Gasteiger charge is 2.42. The van der Waals surface area contributed by atoms with Gasteiger partial charge in [0.25, 0.3) is 0 Å². The Morgan fingerprint density at radius 2 is 1.81 bits per heavy atom. The molecule has 1 fully saturated rings. The van der Waals surface area contributed by atoms with Crippen LogP contribution in [-0.4, -0.2) is 24.1 Å². The van der Waals surface area contributed by atoms with E-state index in [1.165, 1.54) is 16.7 Å². The first-order valence-electron chi connectivity index (χ1n) is 13.3. The van der Waals surface area contributed by atoms with Gasteiger partial charge in [-0.2, -0.15) is 0 Å². The molecule has 0 spiro atoms. The molecule has 5 heteroatoms. The normalized spacial score (nSPS) is 21.2. The summed E-state index contributed by atoms with van der Waals surface area (Å²) in [6.45, 7) is 7.31. The van der Waals surface area contributed by atoms with Crippen LogP contribution in [-0.2, 0) is 23.2 Å². The lowest BCUT2D eigenvalue weighted by Gasteiger charge is -2.34. The number of methoxy groups -OCH3 is 1. The van der Waals surface area contributed by atoms with Gasteiger partial charge in [0.15, 0.2) is 0 Å². The van der Waals surface area contributed by atoms with Crippen LogP contribution in [0.2, 0.25) is 5.02 Å². The van der Waals surface area contributed by atoms with Crippen LogP contribution in [0.5, 0.6) is 5.75 Å². The number of aryl methyl sites for hydroxylation is 1. The number of halogens is 1. The lowest BCUT2D eigenvalue weighted by Crippen LogP contribution is -2.47. The minimum absolute atomic E-state index is 0.0444. The Labute approximate surface area is 226 Å². The summed E-state index contributed by atoms with van der Waals surface area (Å²) in [6.07, 6.45) is 3.53. The van der Waals surface area contributed by atoms with E-state index in [2.05, 4.69) is 73.5 Å². The Bertz CT molecular complexity index is 1270. The quantitative estimate of drug-likeness (QED) is 0.378. The van der Waals surface area contributed by atoms with Crippen molar-refractivity contribution in [2.24, 2.45) is 0 Å². The molecule has 1 aliphatic heterocycles.